The molecule has 2 nitrogen and oxygen atoms in total. The van der Waals surface area contributed by atoms with Crippen molar-refractivity contribution < 1.29 is 0 Å². The summed E-state index contributed by atoms with van der Waals surface area (Å²) < 4.78 is 0. The van der Waals surface area contributed by atoms with Crippen LogP contribution >= 0.6 is 0 Å². The molecule has 1 saturated carbocycles. The van der Waals surface area contributed by atoms with Crippen LogP contribution in [0.15, 0.2) is 0 Å². The average Bonchev–Trinajstić information content (AvgIpc) is 3.05. The maximum atomic E-state index is 3.76. The Kier molecular flexibility index (Phi) is 4.81. The highest BCUT2D eigenvalue weighted by Crippen LogP contribution is 2.34. The van der Waals surface area contributed by atoms with E-state index in [4.69, 9.17) is 0 Å². The third kappa shape index (κ3) is 3.16. The molecule has 0 aromatic carbocycles. The lowest BCUT2D eigenvalue weighted by Gasteiger charge is -2.36. The Bertz CT molecular complexity index is 272. The van der Waals surface area contributed by atoms with Crippen LogP contribution in [0.1, 0.15) is 71.1 Å². The van der Waals surface area contributed by atoms with Gasteiger partial charge in [0.2, 0.25) is 0 Å². The van der Waals surface area contributed by atoms with Gasteiger partial charge in [-0.25, -0.2) is 0 Å². The van der Waals surface area contributed by atoms with Crippen LogP contribution in [-0.4, -0.2) is 36.1 Å². The summed E-state index contributed by atoms with van der Waals surface area (Å²) in [5, 5.41) is 3.76. The molecule has 2 saturated heterocycles. The molecule has 1 aliphatic carbocycles. The molecule has 2 aliphatic heterocycles. The van der Waals surface area contributed by atoms with Gasteiger partial charge in [0, 0.05) is 18.1 Å². The Morgan fingerprint density at radius 1 is 0.947 bits per heavy atom. The molecule has 0 spiro atoms. The van der Waals surface area contributed by atoms with Gasteiger partial charge in [-0.15, -0.1) is 0 Å². The molecular formula is C17H32N2. The Morgan fingerprint density at radius 2 is 1.89 bits per heavy atom. The number of likely N-dealkylation sites (tertiary alicyclic amines) is 1. The van der Waals surface area contributed by atoms with E-state index in [-0.39, 0.29) is 0 Å². The van der Waals surface area contributed by atoms with Crippen molar-refractivity contribution >= 4 is 0 Å². The van der Waals surface area contributed by atoms with Crippen molar-refractivity contribution in [3.63, 3.8) is 0 Å². The van der Waals surface area contributed by atoms with Gasteiger partial charge in [-0.3, -0.25) is 4.90 Å². The summed E-state index contributed by atoms with van der Waals surface area (Å²) in [5.41, 5.74) is 0. The summed E-state index contributed by atoms with van der Waals surface area (Å²) >= 11 is 0. The van der Waals surface area contributed by atoms with Crippen molar-refractivity contribution in [1.29, 1.82) is 0 Å². The van der Waals surface area contributed by atoms with Crippen LogP contribution in [-0.2, 0) is 0 Å². The SMILES string of the molecule is CCC1CCCC(N2CCCC2C2CCCN2)CC1. The molecule has 19 heavy (non-hydrogen) atoms. The van der Waals surface area contributed by atoms with Crippen LogP contribution in [0.5, 0.6) is 0 Å². The number of hydrogen-bond donors (Lipinski definition) is 1. The van der Waals surface area contributed by atoms with Crippen molar-refractivity contribution in [3.05, 3.63) is 0 Å². The fourth-order valence-corrected chi connectivity index (χ4v) is 4.84. The third-order valence-corrected chi connectivity index (χ3v) is 6.01. The Hall–Kier alpha value is -0.0800. The van der Waals surface area contributed by atoms with Crippen molar-refractivity contribution in [3.8, 4) is 0 Å². The van der Waals surface area contributed by atoms with Gasteiger partial charge in [0.15, 0.2) is 0 Å². The monoisotopic (exact) mass is 264 g/mol. The predicted octanol–water partition coefficient (Wildman–Crippen LogP) is 3.56. The number of nitrogens with one attached hydrogen (secondary N) is 1. The number of rotatable bonds is 3. The first-order valence-corrected chi connectivity index (χ1v) is 8.87. The van der Waals surface area contributed by atoms with Gasteiger partial charge in [-0.2, -0.15) is 0 Å². The number of nitrogens with zero attached hydrogens (tertiary/aromatic N) is 1. The van der Waals surface area contributed by atoms with E-state index in [0.717, 1.165) is 24.0 Å². The molecule has 0 radical (unpaired) electrons. The van der Waals surface area contributed by atoms with Gasteiger partial charge in [0.05, 0.1) is 0 Å². The van der Waals surface area contributed by atoms with Gasteiger partial charge in [-0.1, -0.05) is 26.2 Å². The van der Waals surface area contributed by atoms with Crippen LogP contribution in [0, 0.1) is 5.92 Å². The Balaban J connectivity index is 1.60. The molecule has 0 amide bonds. The number of hydrogen-bond acceptors (Lipinski definition) is 2. The molecule has 2 heteroatoms. The van der Waals surface area contributed by atoms with Gasteiger partial charge in [-0.05, 0) is 64.0 Å². The van der Waals surface area contributed by atoms with E-state index < -0.39 is 0 Å². The van der Waals surface area contributed by atoms with Crippen LogP contribution in [0.2, 0.25) is 0 Å². The molecule has 0 aromatic heterocycles. The fourth-order valence-electron chi connectivity index (χ4n) is 4.84. The maximum Gasteiger partial charge on any atom is 0.0252 e. The van der Waals surface area contributed by atoms with Crippen molar-refractivity contribution in [2.75, 3.05) is 13.1 Å². The average molecular weight is 264 g/mol. The molecule has 3 rings (SSSR count). The third-order valence-electron chi connectivity index (χ3n) is 6.01. The van der Waals surface area contributed by atoms with Crippen molar-refractivity contribution in [2.45, 2.75) is 89.3 Å². The van der Waals surface area contributed by atoms with Crippen molar-refractivity contribution in [2.24, 2.45) is 5.92 Å². The van der Waals surface area contributed by atoms with E-state index in [1.807, 2.05) is 0 Å². The minimum absolute atomic E-state index is 0.813. The molecule has 4 atom stereocenters. The highest BCUT2D eigenvalue weighted by Gasteiger charge is 2.37. The normalized spacial score (nSPS) is 41.5. The molecule has 0 bridgehead atoms. The molecule has 3 fully saturated rings. The lowest BCUT2D eigenvalue weighted by Crippen LogP contribution is -2.48. The van der Waals surface area contributed by atoms with Gasteiger partial charge in [0.25, 0.3) is 0 Å². The first-order valence-electron chi connectivity index (χ1n) is 8.87. The highest BCUT2D eigenvalue weighted by atomic mass is 15.2. The molecule has 110 valence electrons. The van der Waals surface area contributed by atoms with Crippen molar-refractivity contribution in [1.82, 2.24) is 10.2 Å². The predicted molar refractivity (Wildman–Crippen MR) is 81.4 cm³/mol. The summed E-state index contributed by atoms with van der Waals surface area (Å²) in [6, 6.07) is 2.59. The molecule has 0 aromatic rings. The Morgan fingerprint density at radius 3 is 2.68 bits per heavy atom. The van der Waals surface area contributed by atoms with Gasteiger partial charge >= 0.3 is 0 Å². The molecule has 4 unspecified atom stereocenters. The molecular weight excluding hydrogens is 232 g/mol. The van der Waals surface area contributed by atoms with E-state index in [0.29, 0.717) is 0 Å². The zero-order valence-electron chi connectivity index (χ0n) is 12.7. The van der Waals surface area contributed by atoms with Gasteiger partial charge < -0.3 is 5.32 Å². The summed E-state index contributed by atoms with van der Waals surface area (Å²) in [6.07, 6.45) is 14.5. The van der Waals surface area contributed by atoms with E-state index in [2.05, 4.69) is 17.1 Å². The summed E-state index contributed by atoms with van der Waals surface area (Å²) in [5.74, 6) is 1.02. The lowest BCUT2D eigenvalue weighted by molar-refractivity contribution is 0.138. The van der Waals surface area contributed by atoms with Gasteiger partial charge in [0.1, 0.15) is 0 Å². The summed E-state index contributed by atoms with van der Waals surface area (Å²) in [7, 11) is 0. The quantitative estimate of drug-likeness (QED) is 0.784. The van der Waals surface area contributed by atoms with Crippen LogP contribution < -0.4 is 5.32 Å². The Labute approximate surface area is 119 Å². The van der Waals surface area contributed by atoms with E-state index in [1.54, 1.807) is 0 Å². The zero-order chi connectivity index (χ0) is 13.1. The van der Waals surface area contributed by atoms with Crippen LogP contribution in [0.4, 0.5) is 0 Å². The second kappa shape index (κ2) is 6.58. The highest BCUT2D eigenvalue weighted by molar-refractivity contribution is 4.95. The minimum Gasteiger partial charge on any atom is -0.312 e. The summed E-state index contributed by atoms with van der Waals surface area (Å²) in [6.45, 7) is 5.02. The standard InChI is InChI=1S/C17H32N2/c1-2-14-6-3-7-15(11-10-14)19-13-5-9-17(19)16-8-4-12-18-16/h14-18H,2-13H2,1H3. The largest absolute Gasteiger partial charge is 0.312 e. The van der Waals surface area contributed by atoms with E-state index >= 15 is 0 Å². The van der Waals surface area contributed by atoms with E-state index in [1.165, 1.54) is 77.3 Å². The second-order valence-electron chi connectivity index (χ2n) is 7.09. The zero-order valence-corrected chi connectivity index (χ0v) is 12.7. The van der Waals surface area contributed by atoms with E-state index in [9.17, 15) is 0 Å². The smallest absolute Gasteiger partial charge is 0.0252 e. The second-order valence-corrected chi connectivity index (χ2v) is 7.09. The lowest BCUT2D eigenvalue weighted by atomic mass is 9.97. The fraction of sp³-hybridized carbons (Fsp3) is 1.00. The molecule has 2 heterocycles. The first kappa shape index (κ1) is 13.9. The topological polar surface area (TPSA) is 15.3 Å². The molecule has 1 N–H and O–H groups in total. The minimum atomic E-state index is 0.813. The summed E-state index contributed by atoms with van der Waals surface area (Å²) in [4.78, 5) is 2.92. The van der Waals surface area contributed by atoms with Crippen LogP contribution in [0.3, 0.4) is 0 Å². The maximum absolute atomic E-state index is 3.76. The van der Waals surface area contributed by atoms with Crippen LogP contribution in [0.25, 0.3) is 0 Å². The molecule has 3 aliphatic rings. The first-order chi connectivity index (χ1) is 9.38.